The van der Waals surface area contributed by atoms with Crippen LogP contribution in [-0.4, -0.2) is 80.6 Å². The Balaban J connectivity index is 4.25. The fourth-order valence-electron chi connectivity index (χ4n) is 7.70. The standard InChI is InChI=1S/C58H101NO7/c1-6-8-10-12-14-16-18-20-22-24-26-27-28-29-31-32-34-36-38-40-42-44-46-48-56(60)65-53-54(52-64-51-50-55(58(62)63)59(3,4)5)66-57(61)49-47-45-43-41-39-37-35-33-30-25-23-21-19-17-15-13-11-9-7-2/h9,11,15,17,21,23-24,26,30,33,37,39,54-55H,6-8,10,12-14,16,18-20,22,25,27-29,31-32,34-36,38,40-53H2,1-5H3/p+1/b11-9-,17-15-,23-21-,26-24-,33-30-,39-37-. The van der Waals surface area contributed by atoms with Crippen LogP contribution in [0.15, 0.2) is 72.9 Å². The molecular formula is C58H102NO7+. The van der Waals surface area contributed by atoms with Crippen LogP contribution in [0.25, 0.3) is 0 Å². The molecular weight excluding hydrogens is 823 g/mol. The maximum atomic E-state index is 12.8. The van der Waals surface area contributed by atoms with Crippen LogP contribution in [0.5, 0.6) is 0 Å². The fraction of sp³-hybridized carbons (Fsp3) is 0.741. The Morgan fingerprint density at radius 1 is 0.470 bits per heavy atom. The summed E-state index contributed by atoms with van der Waals surface area (Å²) in [5, 5.41) is 9.66. The monoisotopic (exact) mass is 925 g/mol. The molecule has 0 radical (unpaired) electrons. The summed E-state index contributed by atoms with van der Waals surface area (Å²) in [6.07, 6.45) is 62.5. The highest BCUT2D eigenvalue weighted by Crippen LogP contribution is 2.15. The Kier molecular flexibility index (Phi) is 45.9. The van der Waals surface area contributed by atoms with Crippen LogP contribution in [0.1, 0.15) is 226 Å². The van der Waals surface area contributed by atoms with Crippen molar-refractivity contribution in [2.45, 2.75) is 238 Å². The molecule has 0 rings (SSSR count). The minimum atomic E-state index is -0.881. The van der Waals surface area contributed by atoms with Gasteiger partial charge in [-0.3, -0.25) is 9.59 Å². The third-order valence-electron chi connectivity index (χ3n) is 11.8. The molecule has 0 fully saturated rings. The first-order chi connectivity index (χ1) is 32.1. The van der Waals surface area contributed by atoms with E-state index in [9.17, 15) is 19.5 Å². The number of nitrogens with zero attached hydrogens (tertiary/aromatic N) is 1. The van der Waals surface area contributed by atoms with Gasteiger partial charge in [-0.15, -0.1) is 0 Å². The molecule has 380 valence electrons. The van der Waals surface area contributed by atoms with Crippen molar-refractivity contribution < 1.29 is 38.2 Å². The summed E-state index contributed by atoms with van der Waals surface area (Å²) in [6.45, 7) is 4.60. The van der Waals surface area contributed by atoms with Crippen LogP contribution in [0.2, 0.25) is 0 Å². The highest BCUT2D eigenvalue weighted by molar-refractivity contribution is 5.72. The lowest BCUT2D eigenvalue weighted by molar-refractivity contribution is -0.887. The van der Waals surface area contributed by atoms with E-state index < -0.39 is 18.1 Å². The van der Waals surface area contributed by atoms with Crippen LogP contribution in [0, 0.1) is 0 Å². The number of rotatable bonds is 48. The summed E-state index contributed by atoms with van der Waals surface area (Å²) in [6, 6.07) is -0.625. The second kappa shape index (κ2) is 48.2. The smallest absolute Gasteiger partial charge is 0.362 e. The van der Waals surface area contributed by atoms with Crippen molar-refractivity contribution in [1.29, 1.82) is 0 Å². The molecule has 0 bridgehead atoms. The predicted molar refractivity (Wildman–Crippen MR) is 280 cm³/mol. The first-order valence-electron chi connectivity index (χ1n) is 27.0. The summed E-state index contributed by atoms with van der Waals surface area (Å²) in [7, 11) is 5.52. The largest absolute Gasteiger partial charge is 0.477 e. The van der Waals surface area contributed by atoms with Crippen molar-refractivity contribution in [2.75, 3.05) is 41.0 Å². The van der Waals surface area contributed by atoms with E-state index in [0.717, 1.165) is 77.0 Å². The van der Waals surface area contributed by atoms with Gasteiger partial charge in [-0.25, -0.2) is 4.79 Å². The summed E-state index contributed by atoms with van der Waals surface area (Å²) >= 11 is 0. The van der Waals surface area contributed by atoms with Gasteiger partial charge in [0.2, 0.25) is 0 Å². The average Bonchev–Trinajstić information content (AvgIpc) is 3.28. The van der Waals surface area contributed by atoms with Gasteiger partial charge >= 0.3 is 17.9 Å². The Hall–Kier alpha value is -3.23. The minimum Gasteiger partial charge on any atom is -0.477 e. The zero-order chi connectivity index (χ0) is 48.4. The summed E-state index contributed by atoms with van der Waals surface area (Å²) in [5.74, 6) is -1.51. The Bertz CT molecular complexity index is 1310. The Morgan fingerprint density at radius 3 is 1.29 bits per heavy atom. The molecule has 8 heteroatoms. The number of hydrogen-bond acceptors (Lipinski definition) is 6. The number of likely N-dealkylation sites (N-methyl/N-ethyl adjacent to an activating group) is 1. The molecule has 66 heavy (non-hydrogen) atoms. The topological polar surface area (TPSA) is 99.1 Å². The van der Waals surface area contributed by atoms with E-state index in [1.165, 1.54) is 116 Å². The number of ether oxygens (including phenoxy) is 3. The van der Waals surface area contributed by atoms with Crippen molar-refractivity contribution in [3.63, 3.8) is 0 Å². The van der Waals surface area contributed by atoms with E-state index >= 15 is 0 Å². The van der Waals surface area contributed by atoms with Gasteiger partial charge in [0.1, 0.15) is 6.61 Å². The minimum absolute atomic E-state index is 0.0450. The Labute approximate surface area is 406 Å². The van der Waals surface area contributed by atoms with E-state index in [2.05, 4.69) is 86.8 Å². The van der Waals surface area contributed by atoms with Gasteiger partial charge < -0.3 is 23.8 Å². The third-order valence-corrected chi connectivity index (χ3v) is 11.8. The summed E-state index contributed by atoms with van der Waals surface area (Å²) in [4.78, 5) is 37.2. The van der Waals surface area contributed by atoms with Crippen LogP contribution >= 0.6 is 0 Å². The van der Waals surface area contributed by atoms with Crippen LogP contribution in [0.3, 0.4) is 0 Å². The van der Waals surface area contributed by atoms with Gasteiger partial charge in [0, 0.05) is 19.3 Å². The van der Waals surface area contributed by atoms with Crippen LogP contribution < -0.4 is 0 Å². The number of hydrogen-bond donors (Lipinski definition) is 1. The maximum Gasteiger partial charge on any atom is 0.362 e. The molecule has 0 aliphatic heterocycles. The number of carboxylic acid groups (broad SMARTS) is 1. The second-order valence-corrected chi connectivity index (χ2v) is 19.1. The van der Waals surface area contributed by atoms with Crippen molar-refractivity contribution in [1.82, 2.24) is 0 Å². The quantitative estimate of drug-likeness (QED) is 0.0281. The van der Waals surface area contributed by atoms with Gasteiger partial charge in [0.15, 0.2) is 12.1 Å². The molecule has 0 spiro atoms. The molecule has 0 aromatic heterocycles. The highest BCUT2D eigenvalue weighted by atomic mass is 16.6. The number of carbonyl (C=O) groups excluding carboxylic acids is 2. The average molecular weight is 925 g/mol. The van der Waals surface area contributed by atoms with E-state index in [0.29, 0.717) is 12.8 Å². The molecule has 8 nitrogen and oxygen atoms in total. The fourth-order valence-corrected chi connectivity index (χ4v) is 7.70. The number of allylic oxidation sites excluding steroid dienone is 12. The lowest BCUT2D eigenvalue weighted by atomic mass is 10.0. The first-order valence-corrected chi connectivity index (χ1v) is 27.0. The van der Waals surface area contributed by atoms with E-state index in [1.807, 2.05) is 21.1 Å². The molecule has 2 unspecified atom stereocenters. The van der Waals surface area contributed by atoms with Crippen LogP contribution in [0.4, 0.5) is 0 Å². The number of esters is 2. The lowest BCUT2D eigenvalue weighted by Gasteiger charge is -2.31. The number of unbranched alkanes of at least 4 members (excludes halogenated alkanes) is 22. The number of carbonyl (C=O) groups is 3. The predicted octanol–water partition coefficient (Wildman–Crippen LogP) is 15.9. The second-order valence-electron chi connectivity index (χ2n) is 19.1. The molecule has 2 atom stereocenters. The van der Waals surface area contributed by atoms with Crippen molar-refractivity contribution in [3.05, 3.63) is 72.9 Å². The first kappa shape index (κ1) is 62.8. The maximum absolute atomic E-state index is 12.8. The molecule has 0 saturated carbocycles. The van der Waals surface area contributed by atoms with E-state index in [-0.39, 0.29) is 42.7 Å². The van der Waals surface area contributed by atoms with Crippen molar-refractivity contribution in [2.24, 2.45) is 0 Å². The molecule has 0 aliphatic carbocycles. The molecule has 0 aliphatic rings. The van der Waals surface area contributed by atoms with Gasteiger partial charge in [-0.2, -0.15) is 0 Å². The SMILES string of the molecule is CC/C=C\C/C=C\C/C=C\C/C=C\C/C=C\CCCCCC(=O)OC(COCCC(C(=O)O)[N+](C)(C)C)COC(=O)CCCCCCCCCCCCC/C=C\CCCCCCCCCC. The number of aliphatic carboxylic acids is 1. The lowest BCUT2D eigenvalue weighted by Crippen LogP contribution is -2.50. The molecule has 0 aromatic carbocycles. The molecule has 0 aromatic rings. The molecule has 0 amide bonds. The number of carboxylic acids is 1. The van der Waals surface area contributed by atoms with E-state index in [1.54, 1.807) is 0 Å². The van der Waals surface area contributed by atoms with Gasteiger partial charge in [0.25, 0.3) is 0 Å². The summed E-state index contributed by atoms with van der Waals surface area (Å²) in [5.41, 5.74) is 0. The Morgan fingerprint density at radius 2 is 0.848 bits per heavy atom. The van der Waals surface area contributed by atoms with Crippen LogP contribution in [-0.2, 0) is 28.6 Å². The third kappa shape index (κ3) is 45.9. The van der Waals surface area contributed by atoms with Gasteiger partial charge in [-0.1, -0.05) is 196 Å². The zero-order valence-electron chi connectivity index (χ0n) is 43.4. The zero-order valence-corrected chi connectivity index (χ0v) is 43.4. The van der Waals surface area contributed by atoms with Gasteiger partial charge in [0.05, 0.1) is 34.4 Å². The van der Waals surface area contributed by atoms with Crippen molar-refractivity contribution >= 4 is 17.9 Å². The van der Waals surface area contributed by atoms with E-state index in [4.69, 9.17) is 14.2 Å². The number of quaternary nitrogens is 1. The highest BCUT2D eigenvalue weighted by Gasteiger charge is 2.31. The molecule has 0 heterocycles. The normalized spacial score (nSPS) is 13.4. The van der Waals surface area contributed by atoms with Gasteiger partial charge in [-0.05, 0) is 83.5 Å². The molecule has 1 N–H and O–H groups in total. The summed E-state index contributed by atoms with van der Waals surface area (Å²) < 4.78 is 17.3. The van der Waals surface area contributed by atoms with Crippen molar-refractivity contribution in [3.8, 4) is 0 Å². The molecule has 0 saturated heterocycles.